The number of aromatic nitrogens is 1. The van der Waals surface area contributed by atoms with Crippen molar-refractivity contribution in [2.45, 2.75) is 38.6 Å². The van der Waals surface area contributed by atoms with Crippen LogP contribution in [0.3, 0.4) is 0 Å². The van der Waals surface area contributed by atoms with Crippen LogP contribution in [0.1, 0.15) is 32.4 Å². The predicted molar refractivity (Wildman–Crippen MR) is 73.9 cm³/mol. The molecule has 1 heterocycles. The first-order valence-corrected chi connectivity index (χ1v) is 6.23. The second-order valence-corrected chi connectivity index (χ2v) is 5.40. The summed E-state index contributed by atoms with van der Waals surface area (Å²) in [7, 11) is 0. The lowest BCUT2D eigenvalue weighted by atomic mass is 10.0. The third-order valence-electron chi connectivity index (χ3n) is 2.42. The van der Waals surface area contributed by atoms with Crippen molar-refractivity contribution in [2.75, 3.05) is 12.3 Å². The van der Waals surface area contributed by atoms with E-state index in [1.807, 2.05) is 0 Å². The SMILES string of the molecule is CC(C)(C)OC(=O)NCC(O)C(O)c1cnccc1N. The van der Waals surface area contributed by atoms with E-state index in [1.54, 1.807) is 20.8 Å². The molecule has 0 saturated carbocycles. The summed E-state index contributed by atoms with van der Waals surface area (Å²) in [5.74, 6) is 0. The Morgan fingerprint density at radius 3 is 2.70 bits per heavy atom. The lowest BCUT2D eigenvalue weighted by Gasteiger charge is -2.22. The van der Waals surface area contributed by atoms with Gasteiger partial charge in [-0.25, -0.2) is 4.79 Å². The highest BCUT2D eigenvalue weighted by Gasteiger charge is 2.22. The highest BCUT2D eigenvalue weighted by Crippen LogP contribution is 2.21. The summed E-state index contributed by atoms with van der Waals surface area (Å²) in [4.78, 5) is 15.3. The number of carbonyl (C=O) groups is 1. The molecule has 1 amide bonds. The first kappa shape index (κ1) is 16.2. The van der Waals surface area contributed by atoms with Crippen LogP contribution in [0.25, 0.3) is 0 Å². The van der Waals surface area contributed by atoms with E-state index in [0.717, 1.165) is 0 Å². The lowest BCUT2D eigenvalue weighted by molar-refractivity contribution is 0.0131. The molecule has 1 rings (SSSR count). The number of carbonyl (C=O) groups excluding carboxylic acids is 1. The van der Waals surface area contributed by atoms with Crippen LogP contribution in [0.4, 0.5) is 10.5 Å². The molecule has 20 heavy (non-hydrogen) atoms. The number of aliphatic hydroxyl groups excluding tert-OH is 2. The number of rotatable bonds is 4. The Morgan fingerprint density at radius 1 is 1.50 bits per heavy atom. The minimum absolute atomic E-state index is 0.162. The summed E-state index contributed by atoms with van der Waals surface area (Å²) >= 11 is 0. The Morgan fingerprint density at radius 2 is 2.15 bits per heavy atom. The molecular formula is C13H21N3O4. The topological polar surface area (TPSA) is 118 Å². The van der Waals surface area contributed by atoms with Gasteiger partial charge < -0.3 is 26.0 Å². The number of amides is 1. The number of hydrogen-bond acceptors (Lipinski definition) is 6. The fraction of sp³-hybridized carbons (Fsp3) is 0.538. The van der Waals surface area contributed by atoms with Crippen LogP contribution in [0.15, 0.2) is 18.5 Å². The maximum Gasteiger partial charge on any atom is 0.407 e. The van der Waals surface area contributed by atoms with Gasteiger partial charge in [-0.3, -0.25) is 4.98 Å². The number of anilines is 1. The van der Waals surface area contributed by atoms with E-state index in [4.69, 9.17) is 10.5 Å². The fourth-order valence-electron chi connectivity index (χ4n) is 1.49. The van der Waals surface area contributed by atoms with Crippen molar-refractivity contribution in [1.82, 2.24) is 10.3 Å². The first-order valence-electron chi connectivity index (χ1n) is 6.23. The van der Waals surface area contributed by atoms with E-state index in [0.29, 0.717) is 11.3 Å². The summed E-state index contributed by atoms with van der Waals surface area (Å²) in [5.41, 5.74) is 5.69. The van der Waals surface area contributed by atoms with Gasteiger partial charge in [-0.2, -0.15) is 0 Å². The van der Waals surface area contributed by atoms with Crippen LogP contribution in [0.2, 0.25) is 0 Å². The summed E-state index contributed by atoms with van der Waals surface area (Å²) in [6.45, 7) is 5.03. The third kappa shape index (κ3) is 5.02. The molecule has 0 saturated heterocycles. The normalized spacial score (nSPS) is 14.4. The van der Waals surface area contributed by atoms with Crippen LogP contribution < -0.4 is 11.1 Å². The van der Waals surface area contributed by atoms with Crippen LogP contribution in [-0.2, 0) is 4.74 Å². The van der Waals surface area contributed by atoms with E-state index >= 15 is 0 Å². The first-order chi connectivity index (χ1) is 9.20. The van der Waals surface area contributed by atoms with E-state index < -0.39 is 23.9 Å². The molecule has 0 radical (unpaired) electrons. The molecule has 1 aromatic heterocycles. The zero-order chi connectivity index (χ0) is 15.3. The van der Waals surface area contributed by atoms with Gasteiger partial charge in [-0.1, -0.05) is 0 Å². The molecule has 2 unspecified atom stereocenters. The van der Waals surface area contributed by atoms with Gasteiger partial charge in [0.1, 0.15) is 17.8 Å². The molecule has 0 fully saturated rings. The maximum absolute atomic E-state index is 11.4. The summed E-state index contributed by atoms with van der Waals surface area (Å²) in [5, 5.41) is 22.2. The van der Waals surface area contributed by atoms with Gasteiger partial charge in [0, 0.05) is 30.2 Å². The molecule has 0 aliphatic heterocycles. The van der Waals surface area contributed by atoms with Crippen LogP contribution >= 0.6 is 0 Å². The fourth-order valence-corrected chi connectivity index (χ4v) is 1.49. The van der Waals surface area contributed by atoms with E-state index in [1.165, 1.54) is 18.5 Å². The molecule has 2 atom stereocenters. The Bertz CT molecular complexity index is 459. The number of nitrogens with two attached hydrogens (primary N) is 1. The Hall–Kier alpha value is -1.86. The molecule has 5 N–H and O–H groups in total. The average Bonchev–Trinajstić information content (AvgIpc) is 2.33. The van der Waals surface area contributed by atoms with Crippen LogP contribution in [0.5, 0.6) is 0 Å². The van der Waals surface area contributed by atoms with Crippen molar-refractivity contribution in [3.05, 3.63) is 24.0 Å². The van der Waals surface area contributed by atoms with Crippen molar-refractivity contribution >= 4 is 11.8 Å². The minimum Gasteiger partial charge on any atom is -0.444 e. The second-order valence-electron chi connectivity index (χ2n) is 5.40. The molecule has 0 aliphatic rings. The largest absolute Gasteiger partial charge is 0.444 e. The Balaban J connectivity index is 2.53. The molecule has 0 aliphatic carbocycles. The molecule has 1 aromatic rings. The lowest BCUT2D eigenvalue weighted by Crippen LogP contribution is -2.39. The smallest absolute Gasteiger partial charge is 0.407 e. The summed E-state index contributed by atoms with van der Waals surface area (Å²) in [6.07, 6.45) is -0.260. The molecular weight excluding hydrogens is 262 g/mol. The minimum atomic E-state index is -1.24. The van der Waals surface area contributed by atoms with Crippen molar-refractivity contribution in [3.63, 3.8) is 0 Å². The van der Waals surface area contributed by atoms with Crippen LogP contribution in [-0.4, -0.2) is 39.5 Å². The monoisotopic (exact) mass is 283 g/mol. The van der Waals surface area contributed by atoms with Crippen molar-refractivity contribution in [2.24, 2.45) is 0 Å². The number of nitrogens with one attached hydrogen (secondary N) is 1. The number of alkyl carbamates (subject to hydrolysis) is 1. The van der Waals surface area contributed by atoms with E-state index in [-0.39, 0.29) is 6.54 Å². The van der Waals surface area contributed by atoms with Gasteiger partial charge in [0.25, 0.3) is 0 Å². The molecule has 7 heteroatoms. The third-order valence-corrected chi connectivity index (χ3v) is 2.42. The van der Waals surface area contributed by atoms with E-state index in [9.17, 15) is 15.0 Å². The Labute approximate surface area is 117 Å². The zero-order valence-corrected chi connectivity index (χ0v) is 11.8. The van der Waals surface area contributed by atoms with E-state index in [2.05, 4.69) is 10.3 Å². The molecule has 0 aromatic carbocycles. The van der Waals surface area contributed by atoms with Crippen molar-refractivity contribution in [3.8, 4) is 0 Å². The molecule has 0 spiro atoms. The van der Waals surface area contributed by atoms with Crippen molar-refractivity contribution in [1.29, 1.82) is 0 Å². The number of pyridine rings is 1. The van der Waals surface area contributed by atoms with Gasteiger partial charge in [0.2, 0.25) is 0 Å². The maximum atomic E-state index is 11.4. The standard InChI is InChI=1S/C13H21N3O4/c1-13(2,3)20-12(19)16-7-10(17)11(18)8-6-15-5-4-9(8)14/h4-6,10-11,17-18H,7H2,1-3H3,(H2,14,15)(H,16,19). The molecule has 112 valence electrons. The predicted octanol–water partition coefficient (Wildman–Crippen LogP) is 0.583. The molecule has 0 bridgehead atoms. The van der Waals surface area contributed by atoms with Gasteiger partial charge in [-0.05, 0) is 26.8 Å². The average molecular weight is 283 g/mol. The highest BCUT2D eigenvalue weighted by molar-refractivity contribution is 5.67. The summed E-state index contributed by atoms with van der Waals surface area (Å²) in [6, 6.07) is 1.52. The van der Waals surface area contributed by atoms with Gasteiger partial charge in [0.15, 0.2) is 0 Å². The summed E-state index contributed by atoms with van der Waals surface area (Å²) < 4.78 is 5.02. The van der Waals surface area contributed by atoms with Crippen molar-refractivity contribution < 1.29 is 19.7 Å². The van der Waals surface area contributed by atoms with Gasteiger partial charge in [0.05, 0.1) is 0 Å². The van der Waals surface area contributed by atoms with Gasteiger partial charge in [-0.15, -0.1) is 0 Å². The van der Waals surface area contributed by atoms with Gasteiger partial charge >= 0.3 is 6.09 Å². The number of nitrogens with zero attached hydrogens (tertiary/aromatic N) is 1. The van der Waals surface area contributed by atoms with Crippen LogP contribution in [0, 0.1) is 0 Å². The second kappa shape index (κ2) is 6.53. The highest BCUT2D eigenvalue weighted by atomic mass is 16.6. The number of nitrogen functional groups attached to an aromatic ring is 1. The number of hydrogen-bond donors (Lipinski definition) is 4. The quantitative estimate of drug-likeness (QED) is 0.642. The Kier molecular flexibility index (Phi) is 5.29. The zero-order valence-electron chi connectivity index (χ0n) is 11.8. The number of ether oxygens (including phenoxy) is 1. The number of aliphatic hydroxyl groups is 2. The molecule has 7 nitrogen and oxygen atoms in total.